The second kappa shape index (κ2) is 6.53. The highest BCUT2D eigenvalue weighted by atomic mass is 32.1. The summed E-state index contributed by atoms with van der Waals surface area (Å²) in [6.07, 6.45) is 3.07. The van der Waals surface area contributed by atoms with E-state index in [1.807, 2.05) is 0 Å². The largest absolute Gasteiger partial charge is 0.494 e. The number of rotatable bonds is 4. The maximum Gasteiger partial charge on any atom is 0.259 e. The van der Waals surface area contributed by atoms with E-state index in [2.05, 4.69) is 15.3 Å². The van der Waals surface area contributed by atoms with Gasteiger partial charge < -0.3 is 4.74 Å². The summed E-state index contributed by atoms with van der Waals surface area (Å²) >= 11 is 1.27. The summed E-state index contributed by atoms with van der Waals surface area (Å²) < 4.78 is 18.6. The molecule has 0 radical (unpaired) electrons. The van der Waals surface area contributed by atoms with E-state index in [0.717, 1.165) is 0 Å². The number of carbonyl (C=O) groups is 1. The molecule has 5 nitrogen and oxygen atoms in total. The van der Waals surface area contributed by atoms with E-state index in [-0.39, 0.29) is 11.7 Å². The Labute approximate surface area is 135 Å². The first kappa shape index (κ1) is 15.1. The summed E-state index contributed by atoms with van der Waals surface area (Å²) in [7, 11) is 1.41. The van der Waals surface area contributed by atoms with Crippen molar-refractivity contribution in [2.75, 3.05) is 12.4 Å². The lowest BCUT2D eigenvalue weighted by Gasteiger charge is -2.03. The number of nitrogens with zero attached hydrogens (tertiary/aromatic N) is 2. The Morgan fingerprint density at radius 3 is 2.91 bits per heavy atom. The molecule has 0 fully saturated rings. The third-order valence-corrected chi connectivity index (χ3v) is 3.85. The Morgan fingerprint density at radius 2 is 2.22 bits per heavy atom. The SMILES string of the molecule is COc1ccc(-c2csc(NC(=O)c3cccnc3)n2)cc1F. The molecule has 2 aromatic heterocycles. The van der Waals surface area contributed by atoms with Gasteiger partial charge in [0.2, 0.25) is 0 Å². The fraction of sp³-hybridized carbons (Fsp3) is 0.0625. The van der Waals surface area contributed by atoms with Crippen LogP contribution in [-0.2, 0) is 0 Å². The number of benzene rings is 1. The fourth-order valence-corrected chi connectivity index (χ4v) is 2.67. The van der Waals surface area contributed by atoms with Crippen LogP contribution >= 0.6 is 11.3 Å². The summed E-state index contributed by atoms with van der Waals surface area (Å²) in [5.41, 5.74) is 1.64. The highest BCUT2D eigenvalue weighted by molar-refractivity contribution is 7.14. The molecule has 0 aliphatic rings. The lowest BCUT2D eigenvalue weighted by Crippen LogP contribution is -2.11. The van der Waals surface area contributed by atoms with Gasteiger partial charge in [-0.05, 0) is 30.3 Å². The minimum Gasteiger partial charge on any atom is -0.494 e. The summed E-state index contributed by atoms with van der Waals surface area (Å²) in [6, 6.07) is 7.94. The highest BCUT2D eigenvalue weighted by Crippen LogP contribution is 2.28. The summed E-state index contributed by atoms with van der Waals surface area (Å²) in [4.78, 5) is 20.2. The summed E-state index contributed by atoms with van der Waals surface area (Å²) in [5.74, 6) is -0.576. The van der Waals surface area contributed by atoms with E-state index >= 15 is 0 Å². The predicted octanol–water partition coefficient (Wildman–Crippen LogP) is 3.61. The molecule has 23 heavy (non-hydrogen) atoms. The number of nitrogens with one attached hydrogen (secondary N) is 1. The quantitative estimate of drug-likeness (QED) is 0.794. The second-order valence-corrected chi connectivity index (χ2v) is 5.44. The van der Waals surface area contributed by atoms with Gasteiger partial charge in [0, 0.05) is 23.3 Å². The van der Waals surface area contributed by atoms with E-state index in [0.29, 0.717) is 22.0 Å². The molecular weight excluding hydrogens is 317 g/mol. The number of halogens is 1. The Hall–Kier alpha value is -2.80. The van der Waals surface area contributed by atoms with Crippen LogP contribution < -0.4 is 10.1 Å². The zero-order valence-corrected chi connectivity index (χ0v) is 12.9. The molecule has 0 saturated carbocycles. The normalized spacial score (nSPS) is 10.3. The van der Waals surface area contributed by atoms with Gasteiger partial charge in [0.15, 0.2) is 16.7 Å². The van der Waals surface area contributed by atoms with Gasteiger partial charge in [0.1, 0.15) is 0 Å². The van der Waals surface area contributed by atoms with Crippen molar-refractivity contribution < 1.29 is 13.9 Å². The number of amides is 1. The molecule has 116 valence electrons. The molecule has 1 amide bonds. The highest BCUT2D eigenvalue weighted by Gasteiger charge is 2.11. The van der Waals surface area contributed by atoms with Gasteiger partial charge >= 0.3 is 0 Å². The van der Waals surface area contributed by atoms with E-state index in [4.69, 9.17) is 4.74 Å². The Kier molecular flexibility index (Phi) is 4.29. The van der Waals surface area contributed by atoms with Gasteiger partial charge in [-0.1, -0.05) is 0 Å². The number of anilines is 1. The van der Waals surface area contributed by atoms with Gasteiger partial charge in [0.05, 0.1) is 18.4 Å². The third-order valence-electron chi connectivity index (χ3n) is 3.10. The molecule has 0 saturated heterocycles. The van der Waals surface area contributed by atoms with E-state index in [9.17, 15) is 9.18 Å². The first-order chi connectivity index (χ1) is 11.2. The first-order valence-corrected chi connectivity index (χ1v) is 7.56. The lowest BCUT2D eigenvalue weighted by molar-refractivity contribution is 0.102. The smallest absolute Gasteiger partial charge is 0.259 e. The van der Waals surface area contributed by atoms with Crippen molar-refractivity contribution in [3.05, 3.63) is 59.5 Å². The predicted molar refractivity (Wildman–Crippen MR) is 86.3 cm³/mol. The number of pyridine rings is 1. The van der Waals surface area contributed by atoms with Crippen LogP contribution in [0.3, 0.4) is 0 Å². The zero-order valence-electron chi connectivity index (χ0n) is 12.1. The van der Waals surface area contributed by atoms with Crippen LogP contribution in [0.2, 0.25) is 0 Å². The molecule has 3 rings (SSSR count). The number of ether oxygens (including phenoxy) is 1. The molecule has 0 aliphatic carbocycles. The average Bonchev–Trinajstić information content (AvgIpc) is 3.04. The maximum absolute atomic E-state index is 13.7. The lowest BCUT2D eigenvalue weighted by atomic mass is 10.1. The van der Waals surface area contributed by atoms with Crippen LogP contribution in [0.25, 0.3) is 11.3 Å². The van der Waals surface area contributed by atoms with Crippen molar-refractivity contribution in [1.29, 1.82) is 0 Å². The van der Waals surface area contributed by atoms with Crippen molar-refractivity contribution in [3.63, 3.8) is 0 Å². The number of hydrogen-bond donors (Lipinski definition) is 1. The standard InChI is InChI=1S/C16H12FN3O2S/c1-22-14-5-4-10(7-12(14)17)13-9-23-16(19-13)20-15(21)11-3-2-6-18-8-11/h2-9H,1H3,(H,19,20,21). The van der Waals surface area contributed by atoms with Crippen LogP contribution in [0.1, 0.15) is 10.4 Å². The van der Waals surface area contributed by atoms with Crippen LogP contribution in [0.5, 0.6) is 5.75 Å². The molecule has 7 heteroatoms. The maximum atomic E-state index is 13.7. The molecule has 2 heterocycles. The number of methoxy groups -OCH3 is 1. The van der Waals surface area contributed by atoms with E-state index in [1.54, 1.807) is 29.8 Å². The van der Waals surface area contributed by atoms with Crippen LogP contribution in [-0.4, -0.2) is 23.0 Å². The molecule has 1 aromatic carbocycles. The van der Waals surface area contributed by atoms with Crippen molar-refractivity contribution >= 4 is 22.4 Å². The van der Waals surface area contributed by atoms with Crippen LogP contribution in [0.4, 0.5) is 9.52 Å². The number of thiazole rings is 1. The summed E-state index contributed by atoms with van der Waals surface area (Å²) in [6.45, 7) is 0. The molecule has 0 spiro atoms. The zero-order chi connectivity index (χ0) is 16.2. The van der Waals surface area contributed by atoms with Crippen LogP contribution in [0.15, 0.2) is 48.1 Å². The number of hydrogen-bond acceptors (Lipinski definition) is 5. The minimum absolute atomic E-state index is 0.175. The first-order valence-electron chi connectivity index (χ1n) is 6.68. The van der Waals surface area contributed by atoms with Gasteiger partial charge in [-0.2, -0.15) is 0 Å². The second-order valence-electron chi connectivity index (χ2n) is 4.58. The van der Waals surface area contributed by atoms with Gasteiger partial charge in [-0.15, -0.1) is 11.3 Å². The van der Waals surface area contributed by atoms with Gasteiger partial charge in [-0.25, -0.2) is 9.37 Å². The molecule has 0 atom stereocenters. The molecular formula is C16H12FN3O2S. The van der Waals surface area contributed by atoms with E-state index < -0.39 is 5.82 Å². The van der Waals surface area contributed by atoms with Gasteiger partial charge in [-0.3, -0.25) is 15.1 Å². The topological polar surface area (TPSA) is 64.1 Å². The van der Waals surface area contributed by atoms with Crippen LogP contribution in [0, 0.1) is 5.82 Å². The molecule has 0 unspecified atom stereocenters. The molecule has 0 aliphatic heterocycles. The summed E-state index contributed by atoms with van der Waals surface area (Å²) in [5, 5.41) is 4.88. The Balaban J connectivity index is 1.78. The Morgan fingerprint density at radius 1 is 1.35 bits per heavy atom. The number of aromatic nitrogens is 2. The van der Waals surface area contributed by atoms with E-state index in [1.165, 1.54) is 36.8 Å². The molecule has 1 N–H and O–H groups in total. The van der Waals surface area contributed by atoms with Gasteiger partial charge in [0.25, 0.3) is 5.91 Å². The molecule has 3 aromatic rings. The third kappa shape index (κ3) is 3.35. The molecule has 0 bridgehead atoms. The van der Waals surface area contributed by atoms with Crippen molar-refractivity contribution in [2.45, 2.75) is 0 Å². The monoisotopic (exact) mass is 329 g/mol. The van der Waals surface area contributed by atoms with Crippen molar-refractivity contribution in [2.24, 2.45) is 0 Å². The average molecular weight is 329 g/mol. The Bertz CT molecular complexity index is 836. The van der Waals surface area contributed by atoms with Crippen molar-refractivity contribution in [3.8, 4) is 17.0 Å². The van der Waals surface area contributed by atoms with Crippen molar-refractivity contribution in [1.82, 2.24) is 9.97 Å². The minimum atomic E-state index is -0.459. The number of carbonyl (C=O) groups excluding carboxylic acids is 1. The fourth-order valence-electron chi connectivity index (χ4n) is 1.96.